The van der Waals surface area contributed by atoms with Gasteiger partial charge < -0.3 is 14.6 Å². The van der Waals surface area contributed by atoms with Crippen LogP contribution in [0.2, 0.25) is 5.02 Å². The summed E-state index contributed by atoms with van der Waals surface area (Å²) in [6.45, 7) is 3.98. The molecule has 1 saturated heterocycles. The highest BCUT2D eigenvalue weighted by Crippen LogP contribution is 2.24. The second-order valence-corrected chi connectivity index (χ2v) is 8.88. The number of halogens is 1. The highest BCUT2D eigenvalue weighted by Gasteiger charge is 2.32. The van der Waals surface area contributed by atoms with Crippen LogP contribution in [0.15, 0.2) is 52.0 Å². The van der Waals surface area contributed by atoms with E-state index < -0.39 is 10.0 Å². The van der Waals surface area contributed by atoms with E-state index in [1.54, 1.807) is 30.5 Å². The van der Waals surface area contributed by atoms with Gasteiger partial charge in [0.05, 0.1) is 43.5 Å². The Morgan fingerprint density at radius 1 is 1.26 bits per heavy atom. The molecule has 3 rings (SSSR count). The van der Waals surface area contributed by atoms with E-state index in [4.69, 9.17) is 16.0 Å². The average molecular weight is 413 g/mol. The molecule has 0 saturated carbocycles. The van der Waals surface area contributed by atoms with Gasteiger partial charge in [0, 0.05) is 0 Å². The highest BCUT2D eigenvalue weighted by atomic mass is 35.5. The molecule has 1 aromatic heterocycles. The fourth-order valence-corrected chi connectivity index (χ4v) is 5.08. The van der Waals surface area contributed by atoms with Crippen LogP contribution in [0.25, 0.3) is 0 Å². The molecule has 0 bridgehead atoms. The minimum Gasteiger partial charge on any atom is -0.467 e. The zero-order valence-corrected chi connectivity index (χ0v) is 16.6. The minimum absolute atomic E-state index is 0.0867. The van der Waals surface area contributed by atoms with Crippen molar-refractivity contribution in [1.82, 2.24) is 9.62 Å². The van der Waals surface area contributed by atoms with E-state index in [1.807, 2.05) is 13.0 Å². The molecule has 9 heteroatoms. The number of hydrogen-bond donors (Lipinski definition) is 2. The van der Waals surface area contributed by atoms with Gasteiger partial charge >= 0.3 is 0 Å². The SMILES string of the molecule is C[C@H](NC(=O)C[NH+]1CCN(S(=O)(=O)c2ccccc2Cl)CC1)c1ccco1. The van der Waals surface area contributed by atoms with Crippen LogP contribution < -0.4 is 10.2 Å². The number of hydrogen-bond acceptors (Lipinski definition) is 4. The average Bonchev–Trinajstić information content (AvgIpc) is 3.17. The molecular formula is C18H23ClN3O4S+. The molecule has 1 amide bonds. The van der Waals surface area contributed by atoms with E-state index in [0.29, 0.717) is 38.5 Å². The summed E-state index contributed by atoms with van der Waals surface area (Å²) in [6.07, 6.45) is 1.57. The number of furan rings is 1. The number of carbonyl (C=O) groups excluding carboxylic acids is 1. The van der Waals surface area contributed by atoms with Crippen molar-refractivity contribution in [1.29, 1.82) is 0 Å². The van der Waals surface area contributed by atoms with Crippen LogP contribution in [0.3, 0.4) is 0 Å². The molecule has 1 aromatic carbocycles. The Kier molecular flexibility index (Phi) is 6.21. The Morgan fingerprint density at radius 3 is 2.59 bits per heavy atom. The maximum atomic E-state index is 12.8. The number of benzene rings is 1. The Bertz CT molecular complexity index is 878. The molecule has 0 aliphatic carbocycles. The zero-order chi connectivity index (χ0) is 19.4. The largest absolute Gasteiger partial charge is 0.467 e. The van der Waals surface area contributed by atoms with Gasteiger partial charge in [-0.15, -0.1) is 0 Å². The lowest BCUT2D eigenvalue weighted by Gasteiger charge is -2.31. The summed E-state index contributed by atoms with van der Waals surface area (Å²) in [5, 5.41) is 3.12. The third-order valence-corrected chi connectivity index (χ3v) is 7.04. The fourth-order valence-electron chi connectivity index (χ4n) is 3.14. The smallest absolute Gasteiger partial charge is 0.275 e. The Balaban J connectivity index is 1.53. The molecule has 1 atom stereocenters. The van der Waals surface area contributed by atoms with Gasteiger partial charge in [-0.3, -0.25) is 4.79 Å². The lowest BCUT2D eigenvalue weighted by atomic mass is 10.2. The summed E-state index contributed by atoms with van der Waals surface area (Å²) in [5.74, 6) is 0.616. The second-order valence-electron chi connectivity index (χ2n) is 6.57. The topological polar surface area (TPSA) is 84.1 Å². The van der Waals surface area contributed by atoms with Gasteiger partial charge in [0.25, 0.3) is 5.91 Å². The number of quaternary nitrogens is 1. The summed E-state index contributed by atoms with van der Waals surface area (Å²) in [7, 11) is -3.62. The van der Waals surface area contributed by atoms with Gasteiger partial charge in [-0.2, -0.15) is 4.31 Å². The van der Waals surface area contributed by atoms with E-state index in [9.17, 15) is 13.2 Å². The van der Waals surface area contributed by atoms with Crippen LogP contribution in [-0.2, 0) is 14.8 Å². The van der Waals surface area contributed by atoms with E-state index in [1.165, 1.54) is 10.4 Å². The number of sulfonamides is 1. The summed E-state index contributed by atoms with van der Waals surface area (Å²) >= 11 is 6.04. The minimum atomic E-state index is -3.62. The van der Waals surface area contributed by atoms with Gasteiger partial charge in [-0.25, -0.2) is 8.42 Å². The van der Waals surface area contributed by atoms with Crippen molar-refractivity contribution in [2.45, 2.75) is 17.9 Å². The summed E-state index contributed by atoms with van der Waals surface area (Å²) in [4.78, 5) is 13.4. The molecule has 0 unspecified atom stereocenters. The molecule has 1 fully saturated rings. The lowest BCUT2D eigenvalue weighted by Crippen LogP contribution is -3.15. The first-order valence-electron chi connectivity index (χ1n) is 8.79. The Morgan fingerprint density at radius 2 is 1.96 bits per heavy atom. The third-order valence-electron chi connectivity index (χ3n) is 4.64. The summed E-state index contributed by atoms with van der Waals surface area (Å²) in [6, 6.07) is 9.84. The van der Waals surface area contributed by atoms with Crippen molar-refractivity contribution < 1.29 is 22.5 Å². The molecule has 2 heterocycles. The molecule has 0 spiro atoms. The standard InChI is InChI=1S/C18H22ClN3O4S/c1-14(16-6-4-12-26-16)20-18(23)13-21-8-10-22(11-9-21)27(24,25)17-7-3-2-5-15(17)19/h2-7,12,14H,8-11,13H2,1H3,(H,20,23)/p+1/t14-/m0/s1. The number of rotatable bonds is 6. The first-order chi connectivity index (χ1) is 12.9. The summed E-state index contributed by atoms with van der Waals surface area (Å²) in [5.41, 5.74) is 0. The molecule has 2 aromatic rings. The van der Waals surface area contributed by atoms with Crippen molar-refractivity contribution in [3.63, 3.8) is 0 Å². The Labute approximate surface area is 163 Å². The second kappa shape index (κ2) is 8.43. The van der Waals surface area contributed by atoms with Crippen LogP contribution in [0, 0.1) is 0 Å². The maximum Gasteiger partial charge on any atom is 0.275 e. The molecule has 27 heavy (non-hydrogen) atoms. The first kappa shape index (κ1) is 19.9. The van der Waals surface area contributed by atoms with Crippen LogP contribution in [0.5, 0.6) is 0 Å². The lowest BCUT2D eigenvalue weighted by molar-refractivity contribution is -0.895. The predicted molar refractivity (Wildman–Crippen MR) is 101 cm³/mol. The number of piperazine rings is 1. The van der Waals surface area contributed by atoms with Gasteiger partial charge in [0.1, 0.15) is 10.7 Å². The monoisotopic (exact) mass is 412 g/mol. The van der Waals surface area contributed by atoms with Crippen LogP contribution >= 0.6 is 11.6 Å². The van der Waals surface area contributed by atoms with E-state index in [-0.39, 0.29) is 21.9 Å². The normalized spacial score (nSPS) is 17.6. The van der Waals surface area contributed by atoms with Crippen molar-refractivity contribution in [3.8, 4) is 0 Å². The van der Waals surface area contributed by atoms with Gasteiger partial charge in [-0.05, 0) is 31.2 Å². The number of nitrogens with zero attached hydrogens (tertiary/aromatic N) is 1. The molecular weight excluding hydrogens is 390 g/mol. The molecule has 7 nitrogen and oxygen atoms in total. The van der Waals surface area contributed by atoms with Crippen LogP contribution in [0.4, 0.5) is 0 Å². The van der Waals surface area contributed by atoms with E-state index in [2.05, 4.69) is 5.32 Å². The van der Waals surface area contributed by atoms with E-state index >= 15 is 0 Å². The number of carbonyl (C=O) groups is 1. The van der Waals surface area contributed by atoms with Gasteiger partial charge in [0.15, 0.2) is 6.54 Å². The fraction of sp³-hybridized carbons (Fsp3) is 0.389. The zero-order valence-electron chi connectivity index (χ0n) is 15.0. The molecule has 146 valence electrons. The van der Waals surface area contributed by atoms with Crippen LogP contribution in [0.1, 0.15) is 18.7 Å². The summed E-state index contributed by atoms with van der Waals surface area (Å²) < 4.78 is 32.2. The van der Waals surface area contributed by atoms with Gasteiger partial charge in [0.2, 0.25) is 10.0 Å². The number of amides is 1. The maximum absolute atomic E-state index is 12.8. The van der Waals surface area contributed by atoms with E-state index in [0.717, 1.165) is 4.90 Å². The van der Waals surface area contributed by atoms with Crippen LogP contribution in [-0.4, -0.2) is 51.4 Å². The van der Waals surface area contributed by atoms with Crippen molar-refractivity contribution in [2.24, 2.45) is 0 Å². The quantitative estimate of drug-likeness (QED) is 0.731. The predicted octanol–water partition coefficient (Wildman–Crippen LogP) is 0.700. The van der Waals surface area contributed by atoms with Crippen molar-refractivity contribution in [3.05, 3.63) is 53.4 Å². The molecule has 0 radical (unpaired) electrons. The molecule has 2 N–H and O–H groups in total. The van der Waals surface area contributed by atoms with Crippen molar-refractivity contribution >= 4 is 27.5 Å². The number of nitrogens with one attached hydrogen (secondary N) is 2. The van der Waals surface area contributed by atoms with Crippen molar-refractivity contribution in [2.75, 3.05) is 32.7 Å². The molecule has 1 aliphatic heterocycles. The first-order valence-corrected chi connectivity index (χ1v) is 10.6. The highest BCUT2D eigenvalue weighted by molar-refractivity contribution is 7.89. The molecule has 1 aliphatic rings. The third kappa shape index (κ3) is 4.70. The Hall–Kier alpha value is -1.87. The van der Waals surface area contributed by atoms with Gasteiger partial charge in [-0.1, -0.05) is 23.7 Å².